The Morgan fingerprint density at radius 2 is 2.04 bits per heavy atom. The molecule has 0 radical (unpaired) electrons. The Bertz CT molecular complexity index is 660. The average Bonchev–Trinajstić information content (AvgIpc) is 2.55. The number of carbonyl (C=O) groups excluding carboxylic acids is 1. The molecule has 7 nitrogen and oxygen atoms in total. The predicted molar refractivity (Wildman–Crippen MR) is 89.8 cm³/mol. The molecular formula is C16H21N5O2. The summed E-state index contributed by atoms with van der Waals surface area (Å²) in [5.41, 5.74) is 1.36. The van der Waals surface area contributed by atoms with Crippen molar-refractivity contribution in [3.05, 3.63) is 42.2 Å². The molecule has 1 heterocycles. The van der Waals surface area contributed by atoms with Gasteiger partial charge < -0.3 is 20.3 Å². The minimum absolute atomic E-state index is 0.312. The number of urea groups is 1. The number of anilines is 2. The zero-order chi connectivity index (χ0) is 16.7. The van der Waals surface area contributed by atoms with E-state index in [1.807, 2.05) is 44.1 Å². The lowest BCUT2D eigenvalue weighted by Crippen LogP contribution is -2.29. The molecule has 0 spiro atoms. The smallest absolute Gasteiger partial charge is 0.319 e. The quantitative estimate of drug-likeness (QED) is 0.855. The van der Waals surface area contributed by atoms with Gasteiger partial charge in [0.05, 0.1) is 24.5 Å². The fraction of sp³-hybridized carbons (Fsp3) is 0.312. The van der Waals surface area contributed by atoms with Gasteiger partial charge in [-0.3, -0.25) is 0 Å². The fourth-order valence-corrected chi connectivity index (χ4v) is 1.89. The number of nitrogens with one attached hydrogen (secondary N) is 2. The van der Waals surface area contributed by atoms with Crippen molar-refractivity contribution in [2.45, 2.75) is 13.5 Å². The lowest BCUT2D eigenvalue weighted by Gasteiger charge is -2.13. The first kappa shape index (κ1) is 16.5. The number of carbonyl (C=O) groups is 1. The first-order valence-electron chi connectivity index (χ1n) is 7.36. The molecule has 0 saturated heterocycles. The third kappa shape index (κ3) is 4.84. The molecule has 2 N–H and O–H groups in total. The van der Waals surface area contributed by atoms with E-state index >= 15 is 0 Å². The third-order valence-electron chi connectivity index (χ3n) is 2.97. The van der Waals surface area contributed by atoms with E-state index < -0.39 is 0 Å². The SMILES string of the molecule is CCOc1ccccc1NC(=O)NCc1ccnc(N(C)C)n1. The molecule has 0 fully saturated rings. The van der Waals surface area contributed by atoms with Gasteiger partial charge in [0.1, 0.15) is 5.75 Å². The summed E-state index contributed by atoms with van der Waals surface area (Å²) in [6.45, 7) is 2.74. The van der Waals surface area contributed by atoms with E-state index in [0.717, 1.165) is 5.69 Å². The number of ether oxygens (including phenoxy) is 1. The highest BCUT2D eigenvalue weighted by molar-refractivity contribution is 5.90. The highest BCUT2D eigenvalue weighted by Crippen LogP contribution is 2.23. The lowest BCUT2D eigenvalue weighted by atomic mass is 10.3. The van der Waals surface area contributed by atoms with Crippen LogP contribution in [0, 0.1) is 0 Å². The standard InChI is InChI=1S/C16H21N5O2/c1-4-23-14-8-6-5-7-13(14)20-16(22)18-11-12-9-10-17-15(19-12)21(2)3/h5-10H,4,11H2,1-3H3,(H2,18,20,22). The second-order valence-electron chi connectivity index (χ2n) is 4.98. The zero-order valence-corrected chi connectivity index (χ0v) is 13.5. The molecular weight excluding hydrogens is 294 g/mol. The molecule has 0 saturated carbocycles. The van der Waals surface area contributed by atoms with E-state index in [4.69, 9.17) is 4.74 Å². The number of para-hydroxylation sites is 2. The Labute approximate surface area is 135 Å². The van der Waals surface area contributed by atoms with Crippen molar-refractivity contribution in [2.75, 3.05) is 30.9 Å². The number of nitrogens with zero attached hydrogens (tertiary/aromatic N) is 3. The Kier molecular flexibility index (Phi) is 5.74. The monoisotopic (exact) mass is 315 g/mol. The van der Waals surface area contributed by atoms with Gasteiger partial charge in [0.15, 0.2) is 0 Å². The molecule has 0 aliphatic carbocycles. The van der Waals surface area contributed by atoms with E-state index in [9.17, 15) is 4.79 Å². The molecule has 0 aliphatic rings. The molecule has 23 heavy (non-hydrogen) atoms. The summed E-state index contributed by atoms with van der Waals surface area (Å²) in [6, 6.07) is 8.75. The van der Waals surface area contributed by atoms with Gasteiger partial charge in [-0.25, -0.2) is 14.8 Å². The van der Waals surface area contributed by atoms with Gasteiger partial charge in [0.25, 0.3) is 0 Å². The van der Waals surface area contributed by atoms with Gasteiger partial charge in [0.2, 0.25) is 5.95 Å². The normalized spacial score (nSPS) is 10.0. The number of amides is 2. The molecule has 122 valence electrons. The molecule has 0 atom stereocenters. The van der Waals surface area contributed by atoms with Crippen molar-refractivity contribution in [2.24, 2.45) is 0 Å². The molecule has 7 heteroatoms. The van der Waals surface area contributed by atoms with Crippen molar-refractivity contribution in [3.63, 3.8) is 0 Å². The maximum Gasteiger partial charge on any atom is 0.319 e. The van der Waals surface area contributed by atoms with Crippen molar-refractivity contribution in [3.8, 4) is 5.75 Å². The summed E-state index contributed by atoms with van der Waals surface area (Å²) in [6.07, 6.45) is 1.67. The zero-order valence-electron chi connectivity index (χ0n) is 13.5. The van der Waals surface area contributed by atoms with Gasteiger partial charge in [0, 0.05) is 20.3 Å². The largest absolute Gasteiger partial charge is 0.492 e. The van der Waals surface area contributed by atoms with Gasteiger partial charge in [-0.05, 0) is 25.1 Å². The van der Waals surface area contributed by atoms with Crippen molar-refractivity contribution in [1.29, 1.82) is 0 Å². The van der Waals surface area contributed by atoms with Crippen LogP contribution in [0.25, 0.3) is 0 Å². The summed E-state index contributed by atoms with van der Waals surface area (Å²) in [5, 5.41) is 5.54. The average molecular weight is 315 g/mol. The minimum atomic E-state index is -0.317. The number of aromatic nitrogens is 2. The van der Waals surface area contributed by atoms with Crippen LogP contribution < -0.4 is 20.3 Å². The van der Waals surface area contributed by atoms with Gasteiger partial charge in [-0.15, -0.1) is 0 Å². The molecule has 2 rings (SSSR count). The third-order valence-corrected chi connectivity index (χ3v) is 2.97. The number of benzene rings is 1. The van der Waals surface area contributed by atoms with Crippen molar-refractivity contribution < 1.29 is 9.53 Å². The van der Waals surface area contributed by atoms with Crippen molar-refractivity contribution in [1.82, 2.24) is 15.3 Å². The predicted octanol–water partition coefficient (Wildman–Crippen LogP) is 2.26. The molecule has 1 aromatic heterocycles. The number of rotatable bonds is 6. The van der Waals surface area contributed by atoms with Gasteiger partial charge in [-0.1, -0.05) is 12.1 Å². The highest BCUT2D eigenvalue weighted by Gasteiger charge is 2.08. The molecule has 0 unspecified atom stereocenters. The van der Waals surface area contributed by atoms with Crippen LogP contribution in [0.15, 0.2) is 36.5 Å². The van der Waals surface area contributed by atoms with Crippen molar-refractivity contribution >= 4 is 17.7 Å². The van der Waals surface area contributed by atoms with E-state index in [1.165, 1.54) is 0 Å². The van der Waals surface area contributed by atoms with E-state index in [1.54, 1.807) is 18.3 Å². The van der Waals surface area contributed by atoms with Gasteiger partial charge >= 0.3 is 6.03 Å². The topological polar surface area (TPSA) is 79.4 Å². The summed E-state index contributed by atoms with van der Waals surface area (Å²) in [5.74, 6) is 1.24. The van der Waals surface area contributed by atoms with Crippen LogP contribution in [-0.2, 0) is 6.54 Å². The fourth-order valence-electron chi connectivity index (χ4n) is 1.89. The lowest BCUT2D eigenvalue weighted by molar-refractivity contribution is 0.251. The number of hydrogen-bond acceptors (Lipinski definition) is 5. The minimum Gasteiger partial charge on any atom is -0.492 e. The molecule has 2 amide bonds. The maximum atomic E-state index is 12.0. The van der Waals surface area contributed by atoms with Crippen LogP contribution in [-0.4, -0.2) is 36.7 Å². The summed E-state index contributed by atoms with van der Waals surface area (Å²) < 4.78 is 5.47. The second-order valence-corrected chi connectivity index (χ2v) is 4.98. The van der Waals surface area contributed by atoms with Crippen LogP contribution in [0.3, 0.4) is 0 Å². The summed E-state index contributed by atoms with van der Waals surface area (Å²) in [7, 11) is 3.73. The first-order valence-corrected chi connectivity index (χ1v) is 7.36. The van der Waals surface area contributed by atoms with E-state index in [-0.39, 0.29) is 6.03 Å². The maximum absolute atomic E-state index is 12.0. The first-order chi connectivity index (χ1) is 11.1. The molecule has 2 aromatic rings. The van der Waals surface area contributed by atoms with Crippen LogP contribution in [0.1, 0.15) is 12.6 Å². The summed E-state index contributed by atoms with van der Waals surface area (Å²) in [4.78, 5) is 22.3. The van der Waals surface area contributed by atoms with Crippen LogP contribution in [0.4, 0.5) is 16.4 Å². The highest BCUT2D eigenvalue weighted by atomic mass is 16.5. The second kappa shape index (κ2) is 7.98. The van der Waals surface area contributed by atoms with E-state index in [2.05, 4.69) is 20.6 Å². The molecule has 1 aromatic carbocycles. The Hall–Kier alpha value is -2.83. The van der Waals surface area contributed by atoms with Gasteiger partial charge in [-0.2, -0.15) is 0 Å². The van der Waals surface area contributed by atoms with E-state index in [0.29, 0.717) is 30.5 Å². The van der Waals surface area contributed by atoms with Crippen LogP contribution >= 0.6 is 0 Å². The Morgan fingerprint density at radius 1 is 1.26 bits per heavy atom. The Morgan fingerprint density at radius 3 is 2.78 bits per heavy atom. The number of hydrogen-bond donors (Lipinski definition) is 2. The summed E-state index contributed by atoms with van der Waals surface area (Å²) >= 11 is 0. The molecule has 0 bridgehead atoms. The van der Waals surface area contributed by atoms with Crippen LogP contribution in [0.2, 0.25) is 0 Å². The molecule has 0 aliphatic heterocycles. The van der Waals surface area contributed by atoms with Crippen LogP contribution in [0.5, 0.6) is 5.75 Å². The Balaban J connectivity index is 1.94.